The van der Waals surface area contributed by atoms with Crippen LogP contribution in [0.3, 0.4) is 0 Å². The Hall–Kier alpha value is -1.97. The van der Waals surface area contributed by atoms with Crippen molar-refractivity contribution in [2.45, 2.75) is 12.8 Å². The zero-order chi connectivity index (χ0) is 12.1. The molecular weight excluding hydrogens is 212 g/mol. The van der Waals surface area contributed by atoms with Gasteiger partial charge in [-0.15, -0.1) is 4.68 Å². The average molecular weight is 231 g/mol. The van der Waals surface area contributed by atoms with Gasteiger partial charge in [-0.2, -0.15) is 0 Å². The number of nitrogens with one attached hydrogen (secondary N) is 1. The monoisotopic (exact) mass is 231 g/mol. The van der Waals surface area contributed by atoms with Gasteiger partial charge >= 0.3 is 0 Å². The Balaban J connectivity index is 1.71. The first-order chi connectivity index (χ1) is 8.24. The number of benzene rings is 1. The van der Waals surface area contributed by atoms with Crippen molar-refractivity contribution in [1.82, 2.24) is 4.68 Å². The number of hydrogen-bond acceptors (Lipinski definition) is 2. The molecule has 0 unspecified atom stereocenters. The summed E-state index contributed by atoms with van der Waals surface area (Å²) in [7, 11) is 2.01. The lowest BCUT2D eigenvalue weighted by atomic mass is 10.1. The third kappa shape index (κ3) is 3.52. The summed E-state index contributed by atoms with van der Waals surface area (Å²) in [4.78, 5) is 0. The van der Waals surface area contributed by atoms with E-state index in [2.05, 4.69) is 17.6 Å². The second kappa shape index (κ2) is 5.39. The van der Waals surface area contributed by atoms with E-state index < -0.39 is 0 Å². The molecule has 0 bridgehead atoms. The molecule has 2 rings (SSSR count). The van der Waals surface area contributed by atoms with Gasteiger partial charge in [-0.05, 0) is 30.5 Å². The fourth-order valence-corrected chi connectivity index (χ4v) is 1.73. The van der Waals surface area contributed by atoms with Crippen LogP contribution in [0.15, 0.2) is 43.0 Å². The maximum atomic E-state index is 5.64. The highest BCUT2D eigenvalue weighted by atomic mass is 15.4. The molecule has 1 aromatic carbocycles. The zero-order valence-corrected chi connectivity index (χ0v) is 10.1. The van der Waals surface area contributed by atoms with Gasteiger partial charge in [0.2, 0.25) is 0 Å². The maximum absolute atomic E-state index is 5.64. The average Bonchev–Trinajstić information content (AvgIpc) is 2.73. The van der Waals surface area contributed by atoms with E-state index in [0.29, 0.717) is 0 Å². The Kier molecular flexibility index (Phi) is 3.65. The van der Waals surface area contributed by atoms with Gasteiger partial charge in [0.15, 0.2) is 6.20 Å². The van der Waals surface area contributed by atoms with Crippen molar-refractivity contribution >= 4 is 5.69 Å². The molecule has 0 aliphatic carbocycles. The molecule has 1 heterocycles. The van der Waals surface area contributed by atoms with E-state index >= 15 is 0 Å². The Morgan fingerprint density at radius 3 is 2.71 bits per heavy atom. The van der Waals surface area contributed by atoms with Crippen molar-refractivity contribution in [2.75, 3.05) is 17.7 Å². The minimum atomic E-state index is 0.826. The van der Waals surface area contributed by atoms with Crippen LogP contribution in [-0.2, 0) is 13.5 Å². The standard InChI is InChI=1S/C13H19N4/c1-16-9-10-17(11-16)15-8-2-3-12-4-6-13(14)7-5-12/h4-7,9-11,15H,2-3,8,14H2,1H3/q+1. The molecule has 0 aliphatic rings. The number of anilines is 1. The highest BCUT2D eigenvalue weighted by molar-refractivity contribution is 5.39. The number of hydrogen-bond donors (Lipinski definition) is 2. The molecule has 2 aromatic rings. The molecule has 4 nitrogen and oxygen atoms in total. The quantitative estimate of drug-likeness (QED) is 0.459. The Labute approximate surface area is 102 Å². The summed E-state index contributed by atoms with van der Waals surface area (Å²) in [6.45, 7) is 0.957. The van der Waals surface area contributed by atoms with Gasteiger partial charge < -0.3 is 5.73 Å². The van der Waals surface area contributed by atoms with Crippen LogP contribution in [0.5, 0.6) is 0 Å². The fourth-order valence-electron chi connectivity index (χ4n) is 1.73. The van der Waals surface area contributed by atoms with E-state index in [4.69, 9.17) is 5.73 Å². The van der Waals surface area contributed by atoms with Crippen molar-refractivity contribution in [3.63, 3.8) is 0 Å². The van der Waals surface area contributed by atoms with Crippen LogP contribution in [0, 0.1) is 0 Å². The highest BCUT2D eigenvalue weighted by Gasteiger charge is 1.98. The third-order valence-corrected chi connectivity index (χ3v) is 2.69. The lowest BCUT2D eigenvalue weighted by molar-refractivity contribution is -0.670. The summed E-state index contributed by atoms with van der Waals surface area (Å²) in [5, 5.41) is 0. The van der Waals surface area contributed by atoms with Crippen LogP contribution < -0.4 is 15.7 Å². The van der Waals surface area contributed by atoms with Gasteiger partial charge in [0.05, 0.1) is 13.6 Å². The van der Waals surface area contributed by atoms with Crippen molar-refractivity contribution in [3.8, 4) is 0 Å². The normalized spacial score (nSPS) is 10.4. The number of aromatic nitrogens is 2. The molecule has 0 spiro atoms. The molecule has 4 heteroatoms. The van der Waals surface area contributed by atoms with Crippen LogP contribution in [0.25, 0.3) is 0 Å². The minimum absolute atomic E-state index is 0.826. The first-order valence-corrected chi connectivity index (χ1v) is 5.85. The molecule has 0 atom stereocenters. The third-order valence-electron chi connectivity index (χ3n) is 2.69. The van der Waals surface area contributed by atoms with Gasteiger partial charge in [-0.3, -0.25) is 5.43 Å². The molecule has 0 saturated heterocycles. The largest absolute Gasteiger partial charge is 0.399 e. The Morgan fingerprint density at radius 2 is 2.06 bits per heavy atom. The molecule has 0 radical (unpaired) electrons. The van der Waals surface area contributed by atoms with Crippen LogP contribution in [-0.4, -0.2) is 11.2 Å². The zero-order valence-electron chi connectivity index (χ0n) is 10.1. The smallest absolute Gasteiger partial charge is 0.266 e. The summed E-state index contributed by atoms with van der Waals surface area (Å²) in [6, 6.07) is 8.08. The van der Waals surface area contributed by atoms with Crippen LogP contribution in [0.1, 0.15) is 12.0 Å². The van der Waals surface area contributed by atoms with Crippen molar-refractivity contribution < 1.29 is 4.57 Å². The van der Waals surface area contributed by atoms with Gasteiger partial charge in [0.25, 0.3) is 6.33 Å². The molecule has 90 valence electrons. The number of aryl methyl sites for hydroxylation is 2. The van der Waals surface area contributed by atoms with Gasteiger partial charge in [-0.1, -0.05) is 12.1 Å². The van der Waals surface area contributed by atoms with Gasteiger partial charge in [-0.25, -0.2) is 4.57 Å². The van der Waals surface area contributed by atoms with Crippen molar-refractivity contribution in [2.24, 2.45) is 7.05 Å². The summed E-state index contributed by atoms with van der Waals surface area (Å²) in [5.74, 6) is 0. The molecule has 0 aliphatic heterocycles. The van der Waals surface area contributed by atoms with Crippen LogP contribution in [0.4, 0.5) is 5.69 Å². The van der Waals surface area contributed by atoms with E-state index in [-0.39, 0.29) is 0 Å². The van der Waals surface area contributed by atoms with Crippen LogP contribution in [0.2, 0.25) is 0 Å². The first-order valence-electron chi connectivity index (χ1n) is 5.85. The SMILES string of the molecule is C[n+]1ccn(NCCCc2ccc(N)cc2)c1. The molecule has 17 heavy (non-hydrogen) atoms. The Morgan fingerprint density at radius 1 is 1.29 bits per heavy atom. The predicted octanol–water partition coefficient (Wildman–Crippen LogP) is 1.07. The van der Waals surface area contributed by atoms with E-state index in [1.165, 1.54) is 5.56 Å². The van der Waals surface area contributed by atoms with Gasteiger partial charge in [0.1, 0.15) is 6.20 Å². The maximum Gasteiger partial charge on any atom is 0.266 e. The summed E-state index contributed by atoms with van der Waals surface area (Å²) < 4.78 is 3.98. The number of imidazole rings is 1. The minimum Gasteiger partial charge on any atom is -0.399 e. The van der Waals surface area contributed by atoms with Gasteiger partial charge in [0, 0.05) is 5.69 Å². The summed E-state index contributed by atoms with van der Waals surface area (Å²) in [6.07, 6.45) is 8.19. The number of rotatable bonds is 5. The number of nitrogens with two attached hydrogens (primary N) is 1. The highest BCUT2D eigenvalue weighted by Crippen LogP contribution is 2.07. The topological polar surface area (TPSA) is 46.9 Å². The summed E-state index contributed by atoms with van der Waals surface area (Å²) in [5.41, 5.74) is 11.1. The molecule has 0 saturated carbocycles. The second-order valence-electron chi connectivity index (χ2n) is 4.24. The molecule has 0 amide bonds. The number of nitrogens with zero attached hydrogens (tertiary/aromatic N) is 2. The van der Waals surface area contributed by atoms with E-state index in [9.17, 15) is 0 Å². The molecule has 0 fully saturated rings. The molecule has 3 N–H and O–H groups in total. The van der Waals surface area contributed by atoms with E-state index in [0.717, 1.165) is 25.1 Å². The fraction of sp³-hybridized carbons (Fsp3) is 0.308. The number of nitrogen functional groups attached to an aromatic ring is 1. The molecule has 1 aromatic heterocycles. The Bertz CT molecular complexity index is 459. The second-order valence-corrected chi connectivity index (χ2v) is 4.24. The summed E-state index contributed by atoms with van der Waals surface area (Å²) >= 11 is 0. The van der Waals surface area contributed by atoms with Crippen molar-refractivity contribution in [3.05, 3.63) is 48.5 Å². The van der Waals surface area contributed by atoms with E-state index in [1.807, 2.05) is 47.1 Å². The lowest BCUT2D eigenvalue weighted by Crippen LogP contribution is -2.25. The van der Waals surface area contributed by atoms with Crippen molar-refractivity contribution in [1.29, 1.82) is 0 Å². The molecular formula is C13H19N4+. The predicted molar refractivity (Wildman–Crippen MR) is 69.0 cm³/mol. The van der Waals surface area contributed by atoms with Crippen LogP contribution >= 0.6 is 0 Å². The first kappa shape index (κ1) is 11.5. The lowest BCUT2D eigenvalue weighted by Gasteiger charge is -2.03. The van der Waals surface area contributed by atoms with E-state index in [1.54, 1.807) is 0 Å².